The van der Waals surface area contributed by atoms with Crippen molar-refractivity contribution >= 4 is 37.5 Å². The van der Waals surface area contributed by atoms with Crippen LogP contribution in [0.3, 0.4) is 0 Å². The Hall–Kier alpha value is -1.00. The van der Waals surface area contributed by atoms with Crippen LogP contribution in [0.2, 0.25) is 0 Å². The van der Waals surface area contributed by atoms with Gasteiger partial charge in [0.2, 0.25) is 0 Å². The van der Waals surface area contributed by atoms with Crippen molar-refractivity contribution in [3.8, 4) is 5.75 Å². The Labute approximate surface area is 123 Å². The van der Waals surface area contributed by atoms with Crippen LogP contribution in [0.15, 0.2) is 45.3 Å². The summed E-state index contributed by atoms with van der Waals surface area (Å²) >= 11 is 6.93. The highest BCUT2D eigenvalue weighted by Crippen LogP contribution is 2.26. The maximum atomic E-state index is 5.82. The maximum Gasteiger partial charge on any atom is 0.123 e. The van der Waals surface area contributed by atoms with E-state index in [1.807, 2.05) is 43.3 Å². The van der Waals surface area contributed by atoms with Crippen LogP contribution in [0, 0.1) is 6.92 Å². The summed E-state index contributed by atoms with van der Waals surface area (Å²) < 4.78 is 7.80. The van der Waals surface area contributed by atoms with Gasteiger partial charge in [-0.05, 0) is 36.8 Å². The van der Waals surface area contributed by atoms with Gasteiger partial charge in [0.1, 0.15) is 12.4 Å². The lowest BCUT2D eigenvalue weighted by molar-refractivity contribution is 0.303. The van der Waals surface area contributed by atoms with E-state index in [0.29, 0.717) is 6.61 Å². The fourth-order valence-corrected chi connectivity index (χ4v) is 2.42. The summed E-state index contributed by atoms with van der Waals surface area (Å²) in [6.45, 7) is 2.54. The highest BCUT2D eigenvalue weighted by Gasteiger charge is 2.04. The van der Waals surface area contributed by atoms with Crippen LogP contribution in [0.4, 0.5) is 5.69 Å². The summed E-state index contributed by atoms with van der Waals surface area (Å²) in [6.07, 6.45) is 0. The standard InChI is InChI=1S/C14H13Br2NO/c1-9-2-4-11(15)6-14(9)18-8-10-3-5-12(17)7-13(10)16/h2-7H,8,17H2,1H3. The number of hydrogen-bond donors (Lipinski definition) is 1. The Morgan fingerprint density at radius 2 is 1.89 bits per heavy atom. The lowest BCUT2D eigenvalue weighted by atomic mass is 10.2. The topological polar surface area (TPSA) is 35.2 Å². The highest BCUT2D eigenvalue weighted by atomic mass is 79.9. The Morgan fingerprint density at radius 1 is 1.11 bits per heavy atom. The summed E-state index contributed by atoms with van der Waals surface area (Å²) in [4.78, 5) is 0. The molecule has 0 saturated heterocycles. The minimum absolute atomic E-state index is 0.512. The third-order valence-electron chi connectivity index (χ3n) is 2.61. The van der Waals surface area contributed by atoms with Gasteiger partial charge in [0.05, 0.1) is 0 Å². The fourth-order valence-electron chi connectivity index (χ4n) is 1.57. The van der Waals surface area contributed by atoms with E-state index in [1.165, 1.54) is 0 Å². The molecule has 18 heavy (non-hydrogen) atoms. The first-order chi connectivity index (χ1) is 8.56. The molecule has 0 unspecified atom stereocenters. The molecule has 2 aromatic carbocycles. The van der Waals surface area contributed by atoms with E-state index < -0.39 is 0 Å². The molecule has 4 heteroatoms. The van der Waals surface area contributed by atoms with E-state index in [1.54, 1.807) is 0 Å². The van der Waals surface area contributed by atoms with Crippen molar-refractivity contribution in [2.45, 2.75) is 13.5 Å². The van der Waals surface area contributed by atoms with Gasteiger partial charge in [-0.2, -0.15) is 0 Å². The quantitative estimate of drug-likeness (QED) is 0.796. The van der Waals surface area contributed by atoms with Gasteiger partial charge < -0.3 is 10.5 Å². The molecule has 2 nitrogen and oxygen atoms in total. The Morgan fingerprint density at radius 3 is 2.61 bits per heavy atom. The van der Waals surface area contributed by atoms with Crippen molar-refractivity contribution in [3.05, 3.63) is 56.5 Å². The molecular formula is C14H13Br2NO. The Kier molecular flexibility index (Phi) is 4.30. The zero-order chi connectivity index (χ0) is 13.1. The predicted molar refractivity (Wildman–Crippen MR) is 81.8 cm³/mol. The first-order valence-corrected chi connectivity index (χ1v) is 7.08. The van der Waals surface area contributed by atoms with Crippen LogP contribution >= 0.6 is 31.9 Å². The molecule has 0 heterocycles. The zero-order valence-electron chi connectivity index (χ0n) is 9.91. The average molecular weight is 371 g/mol. The first kappa shape index (κ1) is 13.4. The molecule has 0 bridgehead atoms. The summed E-state index contributed by atoms with van der Waals surface area (Å²) in [6, 6.07) is 11.7. The third-order valence-corrected chi connectivity index (χ3v) is 3.84. The third kappa shape index (κ3) is 3.27. The van der Waals surface area contributed by atoms with E-state index in [0.717, 1.165) is 31.5 Å². The Balaban J connectivity index is 2.13. The van der Waals surface area contributed by atoms with E-state index in [-0.39, 0.29) is 0 Å². The molecule has 0 fully saturated rings. The fraction of sp³-hybridized carbons (Fsp3) is 0.143. The molecule has 0 aromatic heterocycles. The molecule has 2 rings (SSSR count). The van der Waals surface area contributed by atoms with Crippen molar-refractivity contribution in [1.82, 2.24) is 0 Å². The molecular weight excluding hydrogens is 358 g/mol. The molecule has 0 atom stereocenters. The number of rotatable bonds is 3. The SMILES string of the molecule is Cc1ccc(Br)cc1OCc1ccc(N)cc1Br. The van der Waals surface area contributed by atoms with Crippen LogP contribution in [-0.2, 0) is 6.61 Å². The van der Waals surface area contributed by atoms with E-state index in [9.17, 15) is 0 Å². The molecule has 0 radical (unpaired) electrons. The van der Waals surface area contributed by atoms with E-state index in [4.69, 9.17) is 10.5 Å². The maximum absolute atomic E-state index is 5.82. The first-order valence-electron chi connectivity index (χ1n) is 5.49. The molecule has 94 valence electrons. The highest BCUT2D eigenvalue weighted by molar-refractivity contribution is 9.10. The molecule has 2 N–H and O–H groups in total. The number of anilines is 1. The summed E-state index contributed by atoms with van der Waals surface area (Å²) in [7, 11) is 0. The lowest BCUT2D eigenvalue weighted by Gasteiger charge is -2.11. The van der Waals surface area contributed by atoms with Gasteiger partial charge in [0.15, 0.2) is 0 Å². The van der Waals surface area contributed by atoms with Gasteiger partial charge >= 0.3 is 0 Å². The van der Waals surface area contributed by atoms with Crippen LogP contribution in [0.5, 0.6) is 5.75 Å². The average Bonchev–Trinajstić information content (AvgIpc) is 2.32. The number of ether oxygens (including phenoxy) is 1. The second-order valence-corrected chi connectivity index (χ2v) is 5.82. The van der Waals surface area contributed by atoms with Gasteiger partial charge in [-0.25, -0.2) is 0 Å². The summed E-state index contributed by atoms with van der Waals surface area (Å²) in [5, 5.41) is 0. The Bertz CT molecular complexity index is 570. The second kappa shape index (κ2) is 5.76. The monoisotopic (exact) mass is 369 g/mol. The van der Waals surface area contributed by atoms with Crippen molar-refractivity contribution in [1.29, 1.82) is 0 Å². The zero-order valence-corrected chi connectivity index (χ0v) is 13.1. The van der Waals surface area contributed by atoms with Crippen molar-refractivity contribution in [2.75, 3.05) is 5.73 Å². The molecule has 0 amide bonds. The molecule has 0 saturated carbocycles. The normalized spacial score (nSPS) is 10.4. The molecule has 0 aliphatic carbocycles. The molecule has 0 aliphatic heterocycles. The van der Waals surface area contributed by atoms with Gasteiger partial charge in [-0.3, -0.25) is 0 Å². The van der Waals surface area contributed by atoms with Crippen LogP contribution in [-0.4, -0.2) is 0 Å². The smallest absolute Gasteiger partial charge is 0.123 e. The summed E-state index contributed by atoms with van der Waals surface area (Å²) in [5.41, 5.74) is 8.63. The lowest BCUT2D eigenvalue weighted by Crippen LogP contribution is -1.98. The summed E-state index contributed by atoms with van der Waals surface area (Å²) in [5.74, 6) is 0.883. The number of nitrogen functional groups attached to an aromatic ring is 1. The van der Waals surface area contributed by atoms with Crippen molar-refractivity contribution in [2.24, 2.45) is 0 Å². The number of halogens is 2. The molecule has 2 aromatic rings. The van der Waals surface area contributed by atoms with E-state index >= 15 is 0 Å². The van der Waals surface area contributed by atoms with Gasteiger partial charge in [0.25, 0.3) is 0 Å². The van der Waals surface area contributed by atoms with Crippen molar-refractivity contribution in [3.63, 3.8) is 0 Å². The van der Waals surface area contributed by atoms with Crippen LogP contribution in [0.25, 0.3) is 0 Å². The largest absolute Gasteiger partial charge is 0.489 e. The number of nitrogens with two attached hydrogens (primary N) is 1. The minimum atomic E-state index is 0.512. The number of aryl methyl sites for hydroxylation is 1. The number of hydrogen-bond acceptors (Lipinski definition) is 2. The predicted octanol–water partition coefficient (Wildman–Crippen LogP) is 4.68. The minimum Gasteiger partial charge on any atom is -0.489 e. The van der Waals surface area contributed by atoms with Gasteiger partial charge in [-0.15, -0.1) is 0 Å². The van der Waals surface area contributed by atoms with Crippen LogP contribution < -0.4 is 10.5 Å². The molecule has 0 aliphatic rings. The van der Waals surface area contributed by atoms with E-state index in [2.05, 4.69) is 31.9 Å². The van der Waals surface area contributed by atoms with Crippen LogP contribution in [0.1, 0.15) is 11.1 Å². The van der Waals surface area contributed by atoms with Gasteiger partial charge in [0, 0.05) is 20.2 Å². The second-order valence-electron chi connectivity index (χ2n) is 4.05. The molecule has 0 spiro atoms. The van der Waals surface area contributed by atoms with Crippen molar-refractivity contribution < 1.29 is 4.74 Å². The van der Waals surface area contributed by atoms with Gasteiger partial charge in [-0.1, -0.05) is 44.0 Å². The number of benzene rings is 2.